The second-order valence-electron chi connectivity index (χ2n) is 4.06. The van der Waals surface area contributed by atoms with Gasteiger partial charge in [-0.05, 0) is 19.1 Å². The third kappa shape index (κ3) is 2.34. The fourth-order valence-corrected chi connectivity index (χ4v) is 1.83. The van der Waals surface area contributed by atoms with Gasteiger partial charge in [-0.3, -0.25) is 4.79 Å². The SMILES string of the molecule is COc1ccc(-n2nc(C#N)c(=O)cc2C)c(OC)c1. The van der Waals surface area contributed by atoms with Crippen molar-refractivity contribution in [3.63, 3.8) is 0 Å². The Morgan fingerprint density at radius 1 is 1.25 bits per heavy atom. The van der Waals surface area contributed by atoms with E-state index < -0.39 is 5.43 Å². The van der Waals surface area contributed by atoms with E-state index in [9.17, 15) is 4.79 Å². The Morgan fingerprint density at radius 2 is 2.00 bits per heavy atom. The lowest BCUT2D eigenvalue weighted by Crippen LogP contribution is -2.17. The van der Waals surface area contributed by atoms with Gasteiger partial charge in [0, 0.05) is 17.8 Å². The van der Waals surface area contributed by atoms with Gasteiger partial charge in [-0.1, -0.05) is 0 Å². The van der Waals surface area contributed by atoms with Crippen LogP contribution in [0.25, 0.3) is 5.69 Å². The second-order valence-corrected chi connectivity index (χ2v) is 4.06. The summed E-state index contributed by atoms with van der Waals surface area (Å²) in [6.45, 7) is 1.74. The molecule has 0 radical (unpaired) electrons. The number of rotatable bonds is 3. The zero-order valence-corrected chi connectivity index (χ0v) is 11.4. The molecule has 20 heavy (non-hydrogen) atoms. The molecule has 0 bridgehead atoms. The lowest BCUT2D eigenvalue weighted by Gasteiger charge is -2.14. The van der Waals surface area contributed by atoms with Crippen LogP contribution in [0, 0.1) is 18.3 Å². The van der Waals surface area contributed by atoms with Crippen molar-refractivity contribution in [2.24, 2.45) is 0 Å². The highest BCUT2D eigenvalue weighted by molar-refractivity contribution is 5.51. The minimum atomic E-state index is -0.395. The van der Waals surface area contributed by atoms with Gasteiger partial charge < -0.3 is 9.47 Å². The predicted molar refractivity (Wildman–Crippen MR) is 72.4 cm³/mol. The number of nitriles is 1. The van der Waals surface area contributed by atoms with Crippen LogP contribution in [-0.2, 0) is 0 Å². The maximum atomic E-state index is 11.6. The smallest absolute Gasteiger partial charge is 0.218 e. The van der Waals surface area contributed by atoms with Gasteiger partial charge in [0.1, 0.15) is 23.3 Å². The lowest BCUT2D eigenvalue weighted by atomic mass is 10.2. The van der Waals surface area contributed by atoms with Gasteiger partial charge in [-0.15, -0.1) is 0 Å². The number of ether oxygens (including phenoxy) is 2. The van der Waals surface area contributed by atoms with Crippen LogP contribution in [0.5, 0.6) is 11.5 Å². The summed E-state index contributed by atoms with van der Waals surface area (Å²) < 4.78 is 11.9. The number of benzene rings is 1. The summed E-state index contributed by atoms with van der Waals surface area (Å²) in [6.07, 6.45) is 0. The summed E-state index contributed by atoms with van der Waals surface area (Å²) >= 11 is 0. The Hall–Kier alpha value is -2.81. The Bertz CT molecular complexity index is 744. The maximum absolute atomic E-state index is 11.6. The molecular formula is C14H13N3O3. The number of aromatic nitrogens is 2. The fourth-order valence-electron chi connectivity index (χ4n) is 1.83. The van der Waals surface area contributed by atoms with E-state index in [1.807, 2.05) is 0 Å². The van der Waals surface area contributed by atoms with Crippen molar-refractivity contribution in [1.82, 2.24) is 9.78 Å². The Morgan fingerprint density at radius 3 is 2.60 bits per heavy atom. The van der Waals surface area contributed by atoms with Gasteiger partial charge in [0.25, 0.3) is 0 Å². The summed E-state index contributed by atoms with van der Waals surface area (Å²) in [6, 6.07) is 8.37. The summed E-state index contributed by atoms with van der Waals surface area (Å²) in [5.74, 6) is 1.18. The molecule has 0 fully saturated rings. The molecule has 0 atom stereocenters. The van der Waals surface area contributed by atoms with Crippen LogP contribution in [0.1, 0.15) is 11.4 Å². The maximum Gasteiger partial charge on any atom is 0.218 e. The number of nitrogens with zero attached hydrogens (tertiary/aromatic N) is 3. The minimum Gasteiger partial charge on any atom is -0.497 e. The number of aryl methyl sites for hydroxylation is 1. The molecule has 0 N–H and O–H groups in total. The largest absolute Gasteiger partial charge is 0.497 e. The molecule has 0 spiro atoms. The van der Waals surface area contributed by atoms with Crippen molar-refractivity contribution >= 4 is 0 Å². The van der Waals surface area contributed by atoms with Crippen LogP contribution in [0.3, 0.4) is 0 Å². The number of hydrogen-bond acceptors (Lipinski definition) is 5. The van der Waals surface area contributed by atoms with Crippen LogP contribution in [-0.4, -0.2) is 24.0 Å². The molecule has 2 rings (SSSR count). The Kier molecular flexibility index (Phi) is 3.71. The van der Waals surface area contributed by atoms with Gasteiger partial charge >= 0.3 is 0 Å². The third-order valence-electron chi connectivity index (χ3n) is 2.83. The molecule has 0 aliphatic rings. The molecule has 0 saturated carbocycles. The van der Waals surface area contributed by atoms with Crippen LogP contribution in [0.15, 0.2) is 29.1 Å². The molecule has 0 aliphatic carbocycles. The third-order valence-corrected chi connectivity index (χ3v) is 2.83. The summed E-state index contributed by atoms with van der Waals surface area (Å²) in [5, 5.41) is 13.0. The average molecular weight is 271 g/mol. The highest BCUT2D eigenvalue weighted by Crippen LogP contribution is 2.27. The number of hydrogen-bond donors (Lipinski definition) is 0. The van der Waals surface area contributed by atoms with Crippen molar-refractivity contribution in [3.8, 4) is 23.3 Å². The van der Waals surface area contributed by atoms with E-state index in [-0.39, 0.29) is 5.69 Å². The first-order chi connectivity index (χ1) is 9.60. The molecule has 6 nitrogen and oxygen atoms in total. The van der Waals surface area contributed by atoms with Gasteiger partial charge in [0.05, 0.1) is 14.2 Å². The molecule has 102 valence electrons. The first-order valence-electron chi connectivity index (χ1n) is 5.84. The monoisotopic (exact) mass is 271 g/mol. The van der Waals surface area contributed by atoms with E-state index in [2.05, 4.69) is 5.10 Å². The Balaban J connectivity index is 2.68. The molecule has 0 saturated heterocycles. The quantitative estimate of drug-likeness (QED) is 0.844. The first kappa shape index (κ1) is 13.6. The topological polar surface area (TPSA) is 77.1 Å². The van der Waals surface area contributed by atoms with Crippen LogP contribution in [0.4, 0.5) is 0 Å². The minimum absolute atomic E-state index is 0.159. The first-order valence-corrected chi connectivity index (χ1v) is 5.84. The molecule has 6 heteroatoms. The van der Waals surface area contributed by atoms with E-state index in [0.29, 0.717) is 22.9 Å². The van der Waals surface area contributed by atoms with E-state index in [1.165, 1.54) is 17.9 Å². The van der Waals surface area contributed by atoms with Crippen LogP contribution < -0.4 is 14.9 Å². The van der Waals surface area contributed by atoms with Crippen LogP contribution in [0.2, 0.25) is 0 Å². The predicted octanol–water partition coefficient (Wildman–Crippen LogP) is 1.43. The normalized spacial score (nSPS) is 9.90. The highest BCUT2D eigenvalue weighted by atomic mass is 16.5. The van der Waals surface area contributed by atoms with E-state index in [0.717, 1.165) is 0 Å². The van der Waals surface area contributed by atoms with E-state index in [4.69, 9.17) is 14.7 Å². The zero-order valence-electron chi connectivity index (χ0n) is 11.4. The zero-order chi connectivity index (χ0) is 14.7. The Labute approximate surface area is 115 Å². The highest BCUT2D eigenvalue weighted by Gasteiger charge is 2.12. The lowest BCUT2D eigenvalue weighted by molar-refractivity contribution is 0.392. The van der Waals surface area contributed by atoms with E-state index >= 15 is 0 Å². The summed E-state index contributed by atoms with van der Waals surface area (Å²) in [7, 11) is 3.09. The van der Waals surface area contributed by atoms with Crippen molar-refractivity contribution in [2.75, 3.05) is 14.2 Å². The van der Waals surface area contributed by atoms with Crippen LogP contribution >= 0.6 is 0 Å². The van der Waals surface area contributed by atoms with Crippen molar-refractivity contribution in [1.29, 1.82) is 5.26 Å². The summed E-state index contributed by atoms with van der Waals surface area (Å²) in [4.78, 5) is 11.6. The molecule has 1 heterocycles. The van der Waals surface area contributed by atoms with E-state index in [1.54, 1.807) is 38.3 Å². The molecule has 0 amide bonds. The molecule has 1 aromatic heterocycles. The molecule has 2 aromatic rings. The summed E-state index contributed by atoms with van der Waals surface area (Å²) in [5.41, 5.74) is 0.682. The standard InChI is InChI=1S/C14H13N3O3/c1-9-6-13(18)11(8-15)16-17(9)12-5-4-10(19-2)7-14(12)20-3/h4-7H,1-3H3. The average Bonchev–Trinajstić information content (AvgIpc) is 2.47. The van der Waals surface area contributed by atoms with Gasteiger partial charge in [0.15, 0.2) is 0 Å². The van der Waals surface area contributed by atoms with Gasteiger partial charge in [-0.2, -0.15) is 10.4 Å². The van der Waals surface area contributed by atoms with Crippen molar-refractivity contribution in [3.05, 3.63) is 45.9 Å². The number of methoxy groups -OCH3 is 2. The molecular weight excluding hydrogens is 258 g/mol. The molecule has 0 unspecified atom stereocenters. The molecule has 0 aliphatic heterocycles. The van der Waals surface area contributed by atoms with Crippen molar-refractivity contribution in [2.45, 2.75) is 6.92 Å². The molecule has 1 aromatic carbocycles. The van der Waals surface area contributed by atoms with Crippen molar-refractivity contribution < 1.29 is 9.47 Å². The fraction of sp³-hybridized carbons (Fsp3) is 0.214. The second kappa shape index (κ2) is 5.45. The van der Waals surface area contributed by atoms with Gasteiger partial charge in [-0.25, -0.2) is 4.68 Å². The van der Waals surface area contributed by atoms with Gasteiger partial charge in [0.2, 0.25) is 11.1 Å².